The van der Waals surface area contributed by atoms with Gasteiger partial charge >= 0.3 is 6.09 Å². The van der Waals surface area contributed by atoms with Crippen LogP contribution in [0.15, 0.2) is 67.0 Å². The van der Waals surface area contributed by atoms with Crippen LogP contribution in [-0.4, -0.2) is 16.3 Å². The van der Waals surface area contributed by atoms with Crippen molar-refractivity contribution in [3.63, 3.8) is 0 Å². The van der Waals surface area contributed by atoms with E-state index in [-0.39, 0.29) is 0 Å². The summed E-state index contributed by atoms with van der Waals surface area (Å²) in [5, 5.41) is 9.38. The minimum atomic E-state index is -0.472. The highest BCUT2D eigenvalue weighted by molar-refractivity contribution is 5.71. The van der Waals surface area contributed by atoms with E-state index in [2.05, 4.69) is 15.5 Å². The molecular weight excluding hydrogens is 278 g/mol. The van der Waals surface area contributed by atoms with Crippen LogP contribution in [0.1, 0.15) is 5.56 Å². The van der Waals surface area contributed by atoms with E-state index in [1.54, 1.807) is 18.3 Å². The first-order valence-corrected chi connectivity index (χ1v) is 6.90. The van der Waals surface area contributed by atoms with Gasteiger partial charge in [0.25, 0.3) is 0 Å². The Morgan fingerprint density at radius 3 is 2.50 bits per heavy atom. The first-order chi connectivity index (χ1) is 10.8. The number of ether oxygens (including phenoxy) is 1. The second kappa shape index (κ2) is 6.58. The minimum Gasteiger partial charge on any atom is -0.410 e. The fraction of sp³-hybridized carbons (Fsp3) is 0.0588. The molecule has 0 aliphatic rings. The Kier molecular flexibility index (Phi) is 4.15. The molecule has 0 bridgehead atoms. The molecule has 5 heteroatoms. The molecule has 0 fully saturated rings. The molecule has 2 N–H and O–H groups in total. The van der Waals surface area contributed by atoms with Crippen LogP contribution < -0.4 is 10.1 Å². The summed E-state index contributed by atoms with van der Waals surface area (Å²) >= 11 is 0. The van der Waals surface area contributed by atoms with Crippen LogP contribution in [0.25, 0.3) is 11.1 Å². The van der Waals surface area contributed by atoms with Crippen molar-refractivity contribution in [2.45, 2.75) is 6.54 Å². The molecule has 3 rings (SSSR count). The van der Waals surface area contributed by atoms with Crippen LogP contribution in [0.3, 0.4) is 0 Å². The molecule has 0 saturated carbocycles. The molecule has 1 heterocycles. The number of amides is 1. The third-order valence-corrected chi connectivity index (χ3v) is 3.18. The average Bonchev–Trinajstić information content (AvgIpc) is 3.09. The third-order valence-electron chi connectivity index (χ3n) is 3.18. The van der Waals surface area contributed by atoms with E-state index in [1.807, 2.05) is 48.7 Å². The van der Waals surface area contributed by atoms with Gasteiger partial charge < -0.3 is 10.1 Å². The van der Waals surface area contributed by atoms with Crippen LogP contribution >= 0.6 is 0 Å². The summed E-state index contributed by atoms with van der Waals surface area (Å²) in [6.07, 6.45) is 3.07. The van der Waals surface area contributed by atoms with Crippen molar-refractivity contribution in [3.05, 3.63) is 72.6 Å². The van der Waals surface area contributed by atoms with Crippen molar-refractivity contribution in [2.24, 2.45) is 0 Å². The molecule has 0 spiro atoms. The molecule has 1 amide bonds. The van der Waals surface area contributed by atoms with Crippen LogP contribution in [0, 0.1) is 0 Å². The topological polar surface area (TPSA) is 67.0 Å². The number of hydrogen-bond acceptors (Lipinski definition) is 3. The Hall–Kier alpha value is -3.08. The Bertz CT molecular complexity index is 722. The number of benzene rings is 2. The fourth-order valence-electron chi connectivity index (χ4n) is 2.04. The lowest BCUT2D eigenvalue weighted by atomic mass is 10.1. The molecule has 110 valence electrons. The molecule has 1 aromatic heterocycles. The number of aromatic amines is 1. The highest BCUT2D eigenvalue weighted by atomic mass is 16.5. The van der Waals surface area contributed by atoms with Crippen molar-refractivity contribution in [2.75, 3.05) is 0 Å². The maximum absolute atomic E-state index is 11.8. The molecule has 0 unspecified atom stereocenters. The Morgan fingerprint density at radius 2 is 1.82 bits per heavy atom. The van der Waals surface area contributed by atoms with Crippen molar-refractivity contribution in [3.8, 4) is 16.9 Å². The summed E-state index contributed by atoms with van der Waals surface area (Å²) in [6.45, 7) is 0.437. The number of nitrogens with zero attached hydrogens (tertiary/aromatic N) is 1. The second-order valence-corrected chi connectivity index (χ2v) is 4.74. The molecule has 5 nitrogen and oxygen atoms in total. The number of carbonyl (C=O) groups is 1. The van der Waals surface area contributed by atoms with Gasteiger partial charge in [0.2, 0.25) is 0 Å². The van der Waals surface area contributed by atoms with Crippen molar-refractivity contribution in [1.82, 2.24) is 15.5 Å². The number of aromatic nitrogens is 2. The Morgan fingerprint density at radius 1 is 1.05 bits per heavy atom. The van der Waals surface area contributed by atoms with Gasteiger partial charge in [0.15, 0.2) is 0 Å². The number of nitrogens with one attached hydrogen (secondary N) is 2. The van der Waals surface area contributed by atoms with E-state index >= 15 is 0 Å². The first-order valence-electron chi connectivity index (χ1n) is 6.90. The molecule has 0 atom stereocenters. The normalized spacial score (nSPS) is 10.2. The molecule has 22 heavy (non-hydrogen) atoms. The van der Waals surface area contributed by atoms with Crippen LogP contribution in [0.2, 0.25) is 0 Å². The lowest BCUT2D eigenvalue weighted by Crippen LogP contribution is -2.26. The zero-order valence-corrected chi connectivity index (χ0v) is 11.8. The lowest BCUT2D eigenvalue weighted by molar-refractivity contribution is 0.200. The molecule has 0 aliphatic carbocycles. The lowest BCUT2D eigenvalue weighted by Gasteiger charge is -2.07. The number of carbonyl (C=O) groups excluding carboxylic acids is 1. The van der Waals surface area contributed by atoms with Crippen molar-refractivity contribution < 1.29 is 9.53 Å². The van der Waals surface area contributed by atoms with E-state index in [9.17, 15) is 4.79 Å². The first kappa shape index (κ1) is 13.9. The van der Waals surface area contributed by atoms with Gasteiger partial charge in [-0.25, -0.2) is 4.79 Å². The monoisotopic (exact) mass is 293 g/mol. The van der Waals surface area contributed by atoms with E-state index in [4.69, 9.17) is 4.74 Å². The molecule has 0 saturated heterocycles. The Labute approximate surface area is 127 Å². The van der Waals surface area contributed by atoms with Gasteiger partial charge in [-0.05, 0) is 23.3 Å². The quantitative estimate of drug-likeness (QED) is 0.775. The Balaban J connectivity index is 1.55. The predicted molar refractivity (Wildman–Crippen MR) is 83.3 cm³/mol. The highest BCUT2D eigenvalue weighted by Gasteiger charge is 2.05. The number of rotatable bonds is 4. The summed E-state index contributed by atoms with van der Waals surface area (Å²) in [7, 11) is 0. The van der Waals surface area contributed by atoms with Crippen molar-refractivity contribution >= 4 is 6.09 Å². The van der Waals surface area contributed by atoms with Crippen LogP contribution in [-0.2, 0) is 6.54 Å². The van der Waals surface area contributed by atoms with Gasteiger partial charge in [-0.2, -0.15) is 5.10 Å². The maximum Gasteiger partial charge on any atom is 0.412 e. The van der Waals surface area contributed by atoms with Crippen molar-refractivity contribution in [1.29, 1.82) is 0 Å². The zero-order valence-electron chi connectivity index (χ0n) is 11.8. The van der Waals surface area contributed by atoms with Gasteiger partial charge in [-0.15, -0.1) is 0 Å². The second-order valence-electron chi connectivity index (χ2n) is 4.74. The minimum absolute atomic E-state index is 0.437. The molecular formula is C17H15N3O2. The van der Waals surface area contributed by atoms with E-state index in [0.717, 1.165) is 16.7 Å². The standard InChI is InChI=1S/C17H15N3O2/c21-17(18-10-13-4-2-1-3-5-13)22-16-8-6-14(7-9-16)15-11-19-20-12-15/h1-9,11-12H,10H2,(H,18,21)(H,19,20). The largest absolute Gasteiger partial charge is 0.412 e. The molecule has 0 radical (unpaired) electrons. The average molecular weight is 293 g/mol. The van der Waals surface area contributed by atoms with Gasteiger partial charge in [-0.3, -0.25) is 5.10 Å². The summed E-state index contributed by atoms with van der Waals surface area (Å²) in [5.74, 6) is 0.498. The van der Waals surface area contributed by atoms with Gasteiger partial charge in [0.05, 0.1) is 6.20 Å². The summed E-state index contributed by atoms with van der Waals surface area (Å²) in [6, 6.07) is 16.9. The summed E-state index contributed by atoms with van der Waals surface area (Å²) in [5.41, 5.74) is 3.01. The third kappa shape index (κ3) is 3.52. The SMILES string of the molecule is O=C(NCc1ccccc1)Oc1ccc(-c2cn[nH]c2)cc1. The smallest absolute Gasteiger partial charge is 0.410 e. The van der Waals surface area contributed by atoms with Crippen LogP contribution in [0.5, 0.6) is 5.75 Å². The summed E-state index contributed by atoms with van der Waals surface area (Å²) in [4.78, 5) is 11.8. The van der Waals surface area contributed by atoms with Crippen LogP contribution in [0.4, 0.5) is 4.79 Å². The van der Waals surface area contributed by atoms with E-state index < -0.39 is 6.09 Å². The van der Waals surface area contributed by atoms with Gasteiger partial charge in [0, 0.05) is 18.3 Å². The zero-order chi connectivity index (χ0) is 15.2. The summed E-state index contributed by atoms with van der Waals surface area (Å²) < 4.78 is 5.23. The fourth-order valence-corrected chi connectivity index (χ4v) is 2.04. The van der Waals surface area contributed by atoms with E-state index in [0.29, 0.717) is 12.3 Å². The molecule has 2 aromatic carbocycles. The van der Waals surface area contributed by atoms with Gasteiger partial charge in [0.1, 0.15) is 5.75 Å². The van der Waals surface area contributed by atoms with E-state index in [1.165, 1.54) is 0 Å². The maximum atomic E-state index is 11.8. The molecule has 0 aliphatic heterocycles. The number of H-pyrrole nitrogens is 1. The number of hydrogen-bond donors (Lipinski definition) is 2. The van der Waals surface area contributed by atoms with Gasteiger partial charge in [-0.1, -0.05) is 42.5 Å². The highest BCUT2D eigenvalue weighted by Crippen LogP contribution is 2.21. The predicted octanol–water partition coefficient (Wildman–Crippen LogP) is 3.37. The molecule has 3 aromatic rings.